The number of unbranched alkanes of at least 4 members (excludes halogenated alkanes) is 4. The Labute approximate surface area is 202 Å². The second-order valence-corrected chi connectivity index (χ2v) is 8.35. The number of benzene rings is 2. The number of fused-ring (bicyclic) bond motifs is 1. The molecule has 2 aromatic carbocycles. The second kappa shape index (κ2) is 13.0. The van der Waals surface area contributed by atoms with E-state index < -0.39 is 5.82 Å². The average Bonchev–Trinajstić information content (AvgIpc) is 2.80. The molecular formula is C24H26Cl2FN5O. The summed E-state index contributed by atoms with van der Waals surface area (Å²) in [6.45, 7) is 1.48. The molecule has 1 amide bonds. The van der Waals surface area contributed by atoms with E-state index in [1.807, 2.05) is 24.3 Å². The van der Waals surface area contributed by atoms with Crippen LogP contribution in [0, 0.1) is 5.82 Å². The van der Waals surface area contributed by atoms with E-state index in [1.54, 1.807) is 6.20 Å². The van der Waals surface area contributed by atoms with Crippen molar-refractivity contribution in [2.45, 2.75) is 32.1 Å². The summed E-state index contributed by atoms with van der Waals surface area (Å²) in [6.07, 6.45) is 8.17. The van der Waals surface area contributed by atoms with Gasteiger partial charge in [0.2, 0.25) is 0 Å². The fourth-order valence-corrected chi connectivity index (χ4v) is 3.61. The molecule has 1 aromatic heterocycles. The van der Waals surface area contributed by atoms with Crippen LogP contribution in [0.25, 0.3) is 10.9 Å². The average molecular weight is 490 g/mol. The highest BCUT2D eigenvalue weighted by Gasteiger charge is 2.03. The zero-order chi connectivity index (χ0) is 23.5. The molecule has 0 saturated heterocycles. The van der Waals surface area contributed by atoms with Crippen molar-refractivity contribution < 1.29 is 9.18 Å². The first-order valence-electron chi connectivity index (χ1n) is 10.8. The van der Waals surface area contributed by atoms with E-state index in [9.17, 15) is 9.18 Å². The zero-order valence-corrected chi connectivity index (χ0v) is 19.6. The Morgan fingerprint density at radius 3 is 2.61 bits per heavy atom. The largest absolute Gasteiger partial charge is 0.384 e. The lowest BCUT2D eigenvalue weighted by Gasteiger charge is -2.09. The van der Waals surface area contributed by atoms with Gasteiger partial charge in [0.15, 0.2) is 0 Å². The Kier molecular flexibility index (Phi) is 9.72. The molecule has 0 bridgehead atoms. The summed E-state index contributed by atoms with van der Waals surface area (Å²) in [5.41, 5.74) is 5.09. The van der Waals surface area contributed by atoms with Crippen LogP contribution >= 0.6 is 23.2 Å². The van der Waals surface area contributed by atoms with Gasteiger partial charge in [-0.1, -0.05) is 42.5 Å². The van der Waals surface area contributed by atoms with Crippen molar-refractivity contribution in [2.24, 2.45) is 5.10 Å². The van der Waals surface area contributed by atoms with Crippen LogP contribution in [0.1, 0.15) is 32.1 Å². The zero-order valence-electron chi connectivity index (χ0n) is 18.1. The number of nitrogens with zero attached hydrogens (tertiary/aromatic N) is 2. The molecule has 0 fully saturated rings. The molecule has 0 atom stereocenters. The number of hydrazone groups is 1. The Morgan fingerprint density at radius 2 is 1.79 bits per heavy atom. The van der Waals surface area contributed by atoms with Crippen LogP contribution in [0.3, 0.4) is 0 Å². The molecule has 1 heterocycles. The molecule has 0 aliphatic carbocycles. The number of anilines is 2. The van der Waals surface area contributed by atoms with E-state index in [0.717, 1.165) is 61.5 Å². The summed E-state index contributed by atoms with van der Waals surface area (Å²) in [4.78, 5) is 16.1. The molecule has 3 N–H and O–H groups in total. The SMILES string of the molecule is O=C(/C=N/Nc1ccc(F)c(Cl)c1)NCCCCCCCNc1ccnc2cc(Cl)ccc12. The summed E-state index contributed by atoms with van der Waals surface area (Å²) in [5.74, 6) is -0.793. The van der Waals surface area contributed by atoms with Gasteiger partial charge in [0.25, 0.3) is 5.91 Å². The first kappa shape index (κ1) is 24.7. The van der Waals surface area contributed by atoms with Crippen LogP contribution in [0.15, 0.2) is 53.8 Å². The lowest BCUT2D eigenvalue weighted by Crippen LogP contribution is -2.25. The van der Waals surface area contributed by atoms with E-state index in [1.165, 1.54) is 18.2 Å². The fourth-order valence-electron chi connectivity index (χ4n) is 3.27. The molecule has 6 nitrogen and oxygen atoms in total. The van der Waals surface area contributed by atoms with Crippen LogP contribution in [-0.2, 0) is 4.79 Å². The minimum Gasteiger partial charge on any atom is -0.384 e. The molecule has 9 heteroatoms. The number of carbonyl (C=O) groups excluding carboxylic acids is 1. The van der Waals surface area contributed by atoms with Gasteiger partial charge in [-0.2, -0.15) is 5.10 Å². The Balaban J connectivity index is 1.23. The van der Waals surface area contributed by atoms with Gasteiger partial charge in [-0.25, -0.2) is 4.39 Å². The second-order valence-electron chi connectivity index (χ2n) is 7.50. The van der Waals surface area contributed by atoms with Crippen LogP contribution in [-0.4, -0.2) is 30.2 Å². The van der Waals surface area contributed by atoms with Crippen molar-refractivity contribution in [3.8, 4) is 0 Å². The molecule has 0 unspecified atom stereocenters. The maximum atomic E-state index is 13.1. The number of halogens is 3. The third kappa shape index (κ3) is 8.18. The van der Waals surface area contributed by atoms with Gasteiger partial charge in [-0.3, -0.25) is 15.2 Å². The summed E-state index contributed by atoms with van der Waals surface area (Å²) in [7, 11) is 0. The minimum atomic E-state index is -0.506. The number of carbonyl (C=O) groups is 1. The van der Waals surface area contributed by atoms with Crippen molar-refractivity contribution >= 4 is 57.6 Å². The fraction of sp³-hybridized carbons (Fsp3) is 0.292. The Hall–Kier alpha value is -2.90. The van der Waals surface area contributed by atoms with E-state index >= 15 is 0 Å². The normalized spacial score (nSPS) is 11.1. The van der Waals surface area contributed by atoms with Gasteiger partial charge < -0.3 is 10.6 Å². The number of hydrogen-bond donors (Lipinski definition) is 3. The van der Waals surface area contributed by atoms with Crippen molar-refractivity contribution in [1.29, 1.82) is 0 Å². The first-order chi connectivity index (χ1) is 16.0. The van der Waals surface area contributed by atoms with E-state index in [0.29, 0.717) is 17.3 Å². The topological polar surface area (TPSA) is 78.4 Å². The predicted octanol–water partition coefficient (Wildman–Crippen LogP) is 6.26. The molecule has 0 aliphatic rings. The van der Waals surface area contributed by atoms with Crippen molar-refractivity contribution in [3.63, 3.8) is 0 Å². The van der Waals surface area contributed by atoms with Gasteiger partial charge in [-0.05, 0) is 55.3 Å². The highest BCUT2D eigenvalue weighted by atomic mass is 35.5. The minimum absolute atomic E-state index is 0.00773. The molecule has 174 valence electrons. The lowest BCUT2D eigenvalue weighted by molar-refractivity contribution is -0.114. The maximum absolute atomic E-state index is 13.1. The monoisotopic (exact) mass is 489 g/mol. The molecule has 33 heavy (non-hydrogen) atoms. The summed E-state index contributed by atoms with van der Waals surface area (Å²) >= 11 is 11.7. The van der Waals surface area contributed by atoms with E-state index in [2.05, 4.69) is 26.1 Å². The predicted molar refractivity (Wildman–Crippen MR) is 135 cm³/mol. The highest BCUT2D eigenvalue weighted by molar-refractivity contribution is 6.31. The highest BCUT2D eigenvalue weighted by Crippen LogP contribution is 2.24. The van der Waals surface area contributed by atoms with E-state index in [-0.39, 0.29) is 10.9 Å². The number of rotatable bonds is 12. The molecule has 0 spiro atoms. The number of amides is 1. The molecular weight excluding hydrogens is 464 g/mol. The van der Waals surface area contributed by atoms with Crippen LogP contribution < -0.4 is 16.1 Å². The number of pyridine rings is 1. The summed E-state index contributed by atoms with van der Waals surface area (Å²) < 4.78 is 13.1. The van der Waals surface area contributed by atoms with Crippen LogP contribution in [0.4, 0.5) is 15.8 Å². The lowest BCUT2D eigenvalue weighted by atomic mass is 10.1. The smallest absolute Gasteiger partial charge is 0.264 e. The Bertz CT molecular complexity index is 1110. The van der Waals surface area contributed by atoms with Gasteiger partial charge >= 0.3 is 0 Å². The van der Waals surface area contributed by atoms with Crippen LogP contribution in [0.2, 0.25) is 10.0 Å². The maximum Gasteiger partial charge on any atom is 0.264 e. The van der Waals surface area contributed by atoms with Gasteiger partial charge in [0.1, 0.15) is 12.0 Å². The third-order valence-electron chi connectivity index (χ3n) is 4.97. The Morgan fingerprint density at radius 1 is 1.00 bits per heavy atom. The summed E-state index contributed by atoms with van der Waals surface area (Å²) in [6, 6.07) is 11.8. The molecule has 3 aromatic rings. The third-order valence-corrected chi connectivity index (χ3v) is 5.49. The standard InChI is InChI=1S/C24H26Cl2FN5O/c25-17-6-8-19-22(10-13-29-23(19)14-17)28-11-4-2-1-3-5-12-30-24(33)16-31-32-18-7-9-21(27)20(26)15-18/h6-10,13-16,32H,1-5,11-12H2,(H,28,29)(H,30,33)/b31-16+. The number of aromatic nitrogens is 1. The molecule has 0 aliphatic heterocycles. The van der Waals surface area contributed by atoms with Crippen LogP contribution in [0.5, 0.6) is 0 Å². The van der Waals surface area contributed by atoms with Crippen molar-refractivity contribution in [1.82, 2.24) is 10.3 Å². The molecule has 0 radical (unpaired) electrons. The first-order valence-corrected chi connectivity index (χ1v) is 11.6. The quantitative estimate of drug-likeness (QED) is 0.159. The molecule has 0 saturated carbocycles. The molecule has 3 rings (SSSR count). The van der Waals surface area contributed by atoms with Gasteiger partial charge in [0.05, 0.1) is 16.2 Å². The summed E-state index contributed by atoms with van der Waals surface area (Å²) in [5, 5.41) is 11.8. The van der Waals surface area contributed by atoms with Crippen molar-refractivity contribution in [3.05, 3.63) is 64.5 Å². The van der Waals surface area contributed by atoms with Crippen molar-refractivity contribution in [2.75, 3.05) is 23.8 Å². The van der Waals surface area contributed by atoms with E-state index in [4.69, 9.17) is 23.2 Å². The van der Waals surface area contributed by atoms with Gasteiger partial charge in [0, 0.05) is 35.4 Å². The number of hydrogen-bond acceptors (Lipinski definition) is 5. The van der Waals surface area contributed by atoms with Gasteiger partial charge in [-0.15, -0.1) is 0 Å². The number of nitrogens with one attached hydrogen (secondary N) is 3.